The van der Waals surface area contributed by atoms with Gasteiger partial charge in [0.25, 0.3) is 0 Å². The van der Waals surface area contributed by atoms with Gasteiger partial charge in [0.05, 0.1) is 12.2 Å². The van der Waals surface area contributed by atoms with Gasteiger partial charge in [0, 0.05) is 36.3 Å². The van der Waals surface area contributed by atoms with Crippen LogP contribution in [0.1, 0.15) is 55.5 Å². The summed E-state index contributed by atoms with van der Waals surface area (Å²) in [6.07, 6.45) is 8.71. The van der Waals surface area contributed by atoms with Crippen LogP contribution in [0.25, 0.3) is 0 Å². The maximum Gasteiger partial charge on any atom is 0.234 e. The number of amides is 2. The zero-order chi connectivity index (χ0) is 17.2. The maximum absolute atomic E-state index is 12.2. The highest BCUT2D eigenvalue weighted by atomic mass is 32.1. The third-order valence-electron chi connectivity index (χ3n) is 5.60. The highest BCUT2D eigenvalue weighted by Crippen LogP contribution is 2.31. The van der Waals surface area contributed by atoms with Crippen molar-refractivity contribution < 1.29 is 9.59 Å². The minimum atomic E-state index is 0.116. The lowest BCUT2D eigenvalue weighted by Crippen LogP contribution is -2.42. The standard InChI is InChI=1S/C18H26N4O2S/c23-16(19-13-6-1-2-7-13)11-22-9-8-14-15(10-22)25-18(20-14)21-17(24)12-4-3-5-12/h12-13H,1-11H2,(H,19,23)(H,20,21,24). The molecule has 1 aromatic heterocycles. The largest absolute Gasteiger partial charge is 0.352 e. The molecule has 1 aliphatic heterocycles. The Morgan fingerprint density at radius 3 is 2.68 bits per heavy atom. The molecule has 2 aliphatic carbocycles. The molecule has 2 saturated carbocycles. The first-order valence-corrected chi connectivity index (χ1v) is 10.3. The number of hydrogen-bond donors (Lipinski definition) is 2. The van der Waals surface area contributed by atoms with Gasteiger partial charge in [0.15, 0.2) is 5.13 Å². The first-order chi connectivity index (χ1) is 12.2. The zero-order valence-corrected chi connectivity index (χ0v) is 15.4. The Labute approximate surface area is 152 Å². The van der Waals surface area contributed by atoms with Crippen LogP contribution in [0.15, 0.2) is 0 Å². The normalized spacial score (nSPS) is 21.6. The predicted molar refractivity (Wildman–Crippen MR) is 97.5 cm³/mol. The number of nitrogens with zero attached hydrogens (tertiary/aromatic N) is 2. The van der Waals surface area contributed by atoms with Gasteiger partial charge in [-0.05, 0) is 25.7 Å². The van der Waals surface area contributed by atoms with Crippen LogP contribution in [0.3, 0.4) is 0 Å². The summed E-state index contributed by atoms with van der Waals surface area (Å²) < 4.78 is 0. The number of nitrogens with one attached hydrogen (secondary N) is 2. The number of aromatic nitrogens is 1. The van der Waals surface area contributed by atoms with Gasteiger partial charge in [-0.2, -0.15) is 0 Å². The Morgan fingerprint density at radius 2 is 1.96 bits per heavy atom. The van der Waals surface area contributed by atoms with Gasteiger partial charge in [-0.3, -0.25) is 14.5 Å². The fourth-order valence-electron chi connectivity index (χ4n) is 3.86. The molecule has 25 heavy (non-hydrogen) atoms. The topological polar surface area (TPSA) is 74.3 Å². The summed E-state index contributed by atoms with van der Waals surface area (Å²) in [6, 6.07) is 0.379. The smallest absolute Gasteiger partial charge is 0.234 e. The van der Waals surface area contributed by atoms with Crippen molar-refractivity contribution in [1.82, 2.24) is 15.2 Å². The molecule has 0 aromatic carbocycles. The van der Waals surface area contributed by atoms with E-state index in [1.165, 1.54) is 17.7 Å². The van der Waals surface area contributed by atoms with Crippen LogP contribution in [0, 0.1) is 5.92 Å². The Hall–Kier alpha value is -1.47. The van der Waals surface area contributed by atoms with Crippen molar-refractivity contribution in [2.24, 2.45) is 5.92 Å². The summed E-state index contributed by atoms with van der Waals surface area (Å²) in [5.74, 6) is 0.431. The van der Waals surface area contributed by atoms with E-state index >= 15 is 0 Å². The van der Waals surface area contributed by atoms with Crippen LogP contribution >= 0.6 is 11.3 Å². The molecule has 136 valence electrons. The number of anilines is 1. The summed E-state index contributed by atoms with van der Waals surface area (Å²) >= 11 is 1.56. The molecular formula is C18H26N4O2S. The van der Waals surface area contributed by atoms with Crippen LogP contribution in [-0.4, -0.2) is 40.8 Å². The van der Waals surface area contributed by atoms with E-state index in [4.69, 9.17) is 0 Å². The Bertz CT molecular complexity index is 650. The summed E-state index contributed by atoms with van der Waals surface area (Å²) in [6.45, 7) is 2.06. The maximum atomic E-state index is 12.2. The number of hydrogen-bond acceptors (Lipinski definition) is 5. The Kier molecular flexibility index (Phi) is 5.03. The van der Waals surface area contributed by atoms with Crippen molar-refractivity contribution >= 4 is 28.3 Å². The number of carbonyl (C=O) groups is 2. The number of thiazole rings is 1. The van der Waals surface area contributed by atoms with Gasteiger partial charge in [-0.25, -0.2) is 4.98 Å². The second-order valence-electron chi connectivity index (χ2n) is 7.52. The number of rotatable bonds is 5. The lowest BCUT2D eigenvalue weighted by Gasteiger charge is -2.25. The van der Waals surface area contributed by atoms with Gasteiger partial charge < -0.3 is 10.6 Å². The van der Waals surface area contributed by atoms with Crippen LogP contribution in [0.2, 0.25) is 0 Å². The zero-order valence-electron chi connectivity index (χ0n) is 14.6. The van der Waals surface area contributed by atoms with Crippen LogP contribution in [-0.2, 0) is 22.6 Å². The van der Waals surface area contributed by atoms with E-state index in [1.807, 2.05) is 0 Å². The van der Waals surface area contributed by atoms with Crippen molar-refractivity contribution in [3.8, 4) is 0 Å². The summed E-state index contributed by atoms with van der Waals surface area (Å²) in [5.41, 5.74) is 1.08. The van der Waals surface area contributed by atoms with E-state index in [-0.39, 0.29) is 17.7 Å². The second-order valence-corrected chi connectivity index (χ2v) is 8.60. The van der Waals surface area contributed by atoms with Crippen LogP contribution < -0.4 is 10.6 Å². The molecule has 2 N–H and O–H groups in total. The molecule has 2 heterocycles. The molecule has 3 aliphatic rings. The molecule has 6 nitrogen and oxygen atoms in total. The molecule has 4 rings (SSSR count). The van der Waals surface area contributed by atoms with Crippen molar-refractivity contribution in [2.45, 2.75) is 64.0 Å². The average Bonchev–Trinajstić information content (AvgIpc) is 3.13. The fraction of sp³-hybridized carbons (Fsp3) is 0.722. The van der Waals surface area contributed by atoms with Gasteiger partial charge in [0.1, 0.15) is 0 Å². The average molecular weight is 362 g/mol. The van der Waals surface area contributed by atoms with Crippen LogP contribution in [0.4, 0.5) is 5.13 Å². The summed E-state index contributed by atoms with van der Waals surface area (Å²) in [4.78, 5) is 32.3. The fourth-order valence-corrected chi connectivity index (χ4v) is 4.91. The van der Waals surface area contributed by atoms with Crippen LogP contribution in [0.5, 0.6) is 0 Å². The highest BCUT2D eigenvalue weighted by Gasteiger charge is 2.28. The molecule has 2 amide bonds. The van der Waals surface area contributed by atoms with Gasteiger partial charge in [0.2, 0.25) is 11.8 Å². The lowest BCUT2D eigenvalue weighted by molar-refractivity contribution is -0.123. The minimum absolute atomic E-state index is 0.116. The molecule has 1 aromatic rings. The lowest BCUT2D eigenvalue weighted by atomic mass is 9.85. The molecule has 0 unspecified atom stereocenters. The Morgan fingerprint density at radius 1 is 1.16 bits per heavy atom. The van der Waals surface area contributed by atoms with Gasteiger partial charge in [-0.1, -0.05) is 19.3 Å². The molecular weight excluding hydrogens is 336 g/mol. The SMILES string of the molecule is O=C(CN1CCc2nc(NC(=O)C3CCC3)sc2C1)NC1CCCC1. The summed E-state index contributed by atoms with van der Waals surface area (Å²) in [7, 11) is 0. The van der Waals surface area contributed by atoms with E-state index in [0.717, 1.165) is 62.4 Å². The van der Waals surface area contributed by atoms with E-state index in [9.17, 15) is 9.59 Å². The molecule has 7 heteroatoms. The predicted octanol–water partition coefficient (Wildman–Crippen LogP) is 2.30. The number of carbonyl (C=O) groups excluding carboxylic acids is 2. The van der Waals surface area contributed by atoms with Gasteiger partial charge in [-0.15, -0.1) is 11.3 Å². The second kappa shape index (κ2) is 7.41. The van der Waals surface area contributed by atoms with Crippen molar-refractivity contribution in [3.63, 3.8) is 0 Å². The van der Waals surface area contributed by atoms with Gasteiger partial charge >= 0.3 is 0 Å². The van der Waals surface area contributed by atoms with E-state index in [2.05, 4.69) is 20.5 Å². The first-order valence-electron chi connectivity index (χ1n) is 9.48. The third kappa shape index (κ3) is 4.03. The van der Waals surface area contributed by atoms with E-state index in [0.29, 0.717) is 12.6 Å². The van der Waals surface area contributed by atoms with Crippen molar-refractivity contribution in [2.75, 3.05) is 18.4 Å². The minimum Gasteiger partial charge on any atom is -0.352 e. The molecule has 0 bridgehead atoms. The number of fused-ring (bicyclic) bond motifs is 1. The van der Waals surface area contributed by atoms with Crippen molar-refractivity contribution in [1.29, 1.82) is 0 Å². The van der Waals surface area contributed by atoms with E-state index < -0.39 is 0 Å². The highest BCUT2D eigenvalue weighted by molar-refractivity contribution is 7.15. The molecule has 2 fully saturated rings. The Balaban J connectivity index is 1.30. The van der Waals surface area contributed by atoms with Crippen molar-refractivity contribution in [3.05, 3.63) is 10.6 Å². The molecule has 0 atom stereocenters. The third-order valence-corrected chi connectivity index (χ3v) is 6.60. The molecule has 0 saturated heterocycles. The van der Waals surface area contributed by atoms with E-state index in [1.54, 1.807) is 11.3 Å². The summed E-state index contributed by atoms with van der Waals surface area (Å²) in [5, 5.41) is 6.85. The monoisotopic (exact) mass is 362 g/mol. The molecule has 0 spiro atoms. The first kappa shape index (κ1) is 17.0. The quantitative estimate of drug-likeness (QED) is 0.843. The molecule has 0 radical (unpaired) electrons.